The van der Waals surface area contributed by atoms with E-state index in [2.05, 4.69) is 0 Å². The SMILES string of the molecule is Cc1cc(C(=O)N2CCC(O)(C(=O)O)CC2)cc(C)c1F. The third kappa shape index (κ3) is 2.90. The Hall–Kier alpha value is -1.95. The van der Waals surface area contributed by atoms with Gasteiger partial charge in [-0.15, -0.1) is 0 Å². The van der Waals surface area contributed by atoms with E-state index in [1.165, 1.54) is 17.0 Å². The molecule has 0 aromatic heterocycles. The van der Waals surface area contributed by atoms with Gasteiger partial charge in [0.1, 0.15) is 5.82 Å². The molecule has 0 unspecified atom stereocenters. The first-order valence-corrected chi connectivity index (χ1v) is 6.76. The first-order valence-electron chi connectivity index (χ1n) is 6.76. The normalized spacial score (nSPS) is 17.6. The van der Waals surface area contributed by atoms with E-state index in [1.54, 1.807) is 13.8 Å². The number of aliphatic carboxylic acids is 1. The van der Waals surface area contributed by atoms with Gasteiger partial charge in [-0.25, -0.2) is 9.18 Å². The highest BCUT2D eigenvalue weighted by atomic mass is 19.1. The Bertz CT molecular complexity index is 568. The highest BCUT2D eigenvalue weighted by Crippen LogP contribution is 2.24. The van der Waals surface area contributed by atoms with Gasteiger partial charge < -0.3 is 15.1 Å². The molecular weight excluding hydrogens is 277 g/mol. The van der Waals surface area contributed by atoms with Crippen molar-refractivity contribution < 1.29 is 24.2 Å². The van der Waals surface area contributed by atoms with E-state index in [0.29, 0.717) is 16.7 Å². The number of likely N-dealkylation sites (tertiary alicyclic amines) is 1. The fourth-order valence-electron chi connectivity index (χ4n) is 2.55. The van der Waals surface area contributed by atoms with E-state index >= 15 is 0 Å². The van der Waals surface area contributed by atoms with Crippen molar-refractivity contribution >= 4 is 11.9 Å². The molecule has 5 nitrogen and oxygen atoms in total. The minimum Gasteiger partial charge on any atom is -0.479 e. The topological polar surface area (TPSA) is 77.8 Å². The number of rotatable bonds is 2. The quantitative estimate of drug-likeness (QED) is 0.866. The van der Waals surface area contributed by atoms with Crippen molar-refractivity contribution in [1.29, 1.82) is 0 Å². The average molecular weight is 295 g/mol. The summed E-state index contributed by atoms with van der Waals surface area (Å²) in [6.07, 6.45) is -0.0134. The van der Waals surface area contributed by atoms with Gasteiger partial charge in [0.2, 0.25) is 0 Å². The number of aryl methyl sites for hydroxylation is 2. The van der Waals surface area contributed by atoms with E-state index in [-0.39, 0.29) is 37.7 Å². The zero-order valence-electron chi connectivity index (χ0n) is 12.0. The van der Waals surface area contributed by atoms with E-state index in [1.807, 2.05) is 0 Å². The monoisotopic (exact) mass is 295 g/mol. The minimum atomic E-state index is -1.76. The first kappa shape index (κ1) is 15.4. The van der Waals surface area contributed by atoms with Gasteiger partial charge in [-0.1, -0.05) is 0 Å². The van der Waals surface area contributed by atoms with Crippen molar-refractivity contribution in [2.24, 2.45) is 0 Å². The van der Waals surface area contributed by atoms with Crippen molar-refractivity contribution in [3.8, 4) is 0 Å². The maximum atomic E-state index is 13.6. The standard InChI is InChI=1S/C15H18FNO4/c1-9-7-11(8-10(2)12(9)16)13(18)17-5-3-15(21,4-6-17)14(19)20/h7-8,21H,3-6H2,1-2H3,(H,19,20). The summed E-state index contributed by atoms with van der Waals surface area (Å²) < 4.78 is 13.6. The Morgan fingerprint density at radius 1 is 1.19 bits per heavy atom. The molecule has 0 atom stereocenters. The van der Waals surface area contributed by atoms with Crippen LogP contribution in [0.3, 0.4) is 0 Å². The predicted octanol–water partition coefficient (Wildman–Crippen LogP) is 1.49. The summed E-state index contributed by atoms with van der Waals surface area (Å²) in [5.74, 6) is -1.86. The Balaban J connectivity index is 2.14. The minimum absolute atomic E-state index is 0.00671. The molecule has 2 N–H and O–H groups in total. The van der Waals surface area contributed by atoms with Crippen LogP contribution in [0.5, 0.6) is 0 Å². The molecule has 1 aromatic carbocycles. The van der Waals surface area contributed by atoms with Crippen LogP contribution < -0.4 is 0 Å². The largest absolute Gasteiger partial charge is 0.479 e. The summed E-state index contributed by atoms with van der Waals surface area (Å²) in [4.78, 5) is 24.8. The number of nitrogens with zero attached hydrogens (tertiary/aromatic N) is 1. The van der Waals surface area contributed by atoms with Gasteiger partial charge in [0.05, 0.1) is 0 Å². The number of carboxylic acids is 1. The number of carbonyl (C=O) groups is 2. The van der Waals surface area contributed by atoms with E-state index in [0.717, 1.165) is 0 Å². The third-order valence-corrected chi connectivity index (χ3v) is 3.96. The van der Waals surface area contributed by atoms with E-state index in [9.17, 15) is 19.1 Å². The summed E-state index contributed by atoms with van der Waals surface area (Å²) >= 11 is 0. The van der Waals surface area contributed by atoms with Gasteiger partial charge in [0.15, 0.2) is 5.60 Å². The molecule has 0 radical (unpaired) electrons. The molecule has 0 aliphatic carbocycles. The Kier molecular flexibility index (Phi) is 4.00. The van der Waals surface area contributed by atoms with Crippen molar-refractivity contribution in [3.05, 3.63) is 34.6 Å². The highest BCUT2D eigenvalue weighted by Gasteiger charge is 2.40. The lowest BCUT2D eigenvalue weighted by Gasteiger charge is -2.35. The molecular formula is C15H18FNO4. The fourth-order valence-corrected chi connectivity index (χ4v) is 2.55. The van der Waals surface area contributed by atoms with Gasteiger partial charge in [0, 0.05) is 31.5 Å². The van der Waals surface area contributed by atoms with Crippen LogP contribution in [-0.2, 0) is 4.79 Å². The second kappa shape index (κ2) is 5.44. The number of hydrogen-bond donors (Lipinski definition) is 2. The molecule has 0 saturated carbocycles. The van der Waals surface area contributed by atoms with Crippen LogP contribution >= 0.6 is 0 Å². The number of carboxylic acid groups (broad SMARTS) is 1. The fraction of sp³-hybridized carbons (Fsp3) is 0.467. The van der Waals surface area contributed by atoms with Crippen molar-refractivity contribution in [1.82, 2.24) is 4.90 Å². The zero-order chi connectivity index (χ0) is 15.8. The summed E-state index contributed by atoms with van der Waals surface area (Å²) in [5.41, 5.74) is -0.576. The number of hydrogen-bond acceptors (Lipinski definition) is 3. The van der Waals surface area contributed by atoms with Crippen LogP contribution in [0, 0.1) is 19.7 Å². The molecule has 1 aromatic rings. The summed E-state index contributed by atoms with van der Waals surface area (Å²) in [6.45, 7) is 3.52. The second-order valence-electron chi connectivity index (χ2n) is 5.55. The number of aliphatic hydroxyl groups is 1. The lowest BCUT2D eigenvalue weighted by Crippen LogP contribution is -2.50. The molecule has 114 valence electrons. The number of halogens is 1. The lowest BCUT2D eigenvalue weighted by atomic mass is 9.91. The van der Waals surface area contributed by atoms with Crippen LogP contribution in [0.1, 0.15) is 34.3 Å². The van der Waals surface area contributed by atoms with Crippen molar-refractivity contribution in [2.75, 3.05) is 13.1 Å². The van der Waals surface area contributed by atoms with Gasteiger partial charge in [-0.05, 0) is 37.1 Å². The molecule has 1 heterocycles. The molecule has 1 aliphatic rings. The Labute approximate surface area is 122 Å². The molecule has 1 aliphatic heterocycles. The summed E-state index contributed by atoms with van der Waals surface area (Å²) in [5, 5.41) is 18.8. The molecule has 21 heavy (non-hydrogen) atoms. The smallest absolute Gasteiger partial charge is 0.335 e. The predicted molar refractivity (Wildman–Crippen MR) is 73.6 cm³/mol. The molecule has 6 heteroatoms. The van der Waals surface area contributed by atoms with Gasteiger partial charge >= 0.3 is 5.97 Å². The van der Waals surface area contributed by atoms with Crippen LogP contribution in [0.4, 0.5) is 4.39 Å². The maximum absolute atomic E-state index is 13.6. The second-order valence-corrected chi connectivity index (χ2v) is 5.55. The maximum Gasteiger partial charge on any atom is 0.335 e. The summed E-state index contributed by atoms with van der Waals surface area (Å²) in [7, 11) is 0. The molecule has 1 amide bonds. The number of benzene rings is 1. The third-order valence-electron chi connectivity index (χ3n) is 3.96. The van der Waals surface area contributed by atoms with Crippen molar-refractivity contribution in [3.63, 3.8) is 0 Å². The Morgan fingerprint density at radius 3 is 2.10 bits per heavy atom. The lowest BCUT2D eigenvalue weighted by molar-refractivity contribution is -0.162. The van der Waals surface area contributed by atoms with Crippen molar-refractivity contribution in [2.45, 2.75) is 32.3 Å². The molecule has 1 fully saturated rings. The van der Waals surface area contributed by atoms with E-state index < -0.39 is 11.6 Å². The van der Waals surface area contributed by atoms with Crippen LogP contribution in [-0.4, -0.2) is 45.7 Å². The number of piperidine rings is 1. The first-order chi connectivity index (χ1) is 9.74. The van der Waals surface area contributed by atoms with Gasteiger partial charge in [-0.2, -0.15) is 0 Å². The van der Waals surface area contributed by atoms with E-state index in [4.69, 9.17) is 5.11 Å². The zero-order valence-corrected chi connectivity index (χ0v) is 12.0. The molecule has 0 spiro atoms. The number of amides is 1. The van der Waals surface area contributed by atoms with Crippen LogP contribution in [0.2, 0.25) is 0 Å². The molecule has 1 saturated heterocycles. The molecule has 0 bridgehead atoms. The van der Waals surface area contributed by atoms with Gasteiger partial charge in [-0.3, -0.25) is 4.79 Å². The molecule has 2 rings (SSSR count). The van der Waals surface area contributed by atoms with Crippen LogP contribution in [0.25, 0.3) is 0 Å². The number of carbonyl (C=O) groups excluding carboxylic acids is 1. The van der Waals surface area contributed by atoms with Crippen LogP contribution in [0.15, 0.2) is 12.1 Å². The average Bonchev–Trinajstić information content (AvgIpc) is 2.44. The van der Waals surface area contributed by atoms with Gasteiger partial charge in [0.25, 0.3) is 5.91 Å². The highest BCUT2D eigenvalue weighted by molar-refractivity contribution is 5.95. The Morgan fingerprint density at radius 2 is 1.67 bits per heavy atom. The summed E-state index contributed by atoms with van der Waals surface area (Å²) in [6, 6.07) is 2.98.